The summed E-state index contributed by atoms with van der Waals surface area (Å²) in [6, 6.07) is 20.0. The monoisotopic (exact) mass is 511 g/mol. The van der Waals surface area contributed by atoms with Gasteiger partial charge < -0.3 is 10.6 Å². The molecule has 9 heteroatoms. The van der Waals surface area contributed by atoms with Crippen LogP contribution in [0.15, 0.2) is 83.1 Å². The van der Waals surface area contributed by atoms with Crippen molar-refractivity contribution in [1.82, 2.24) is 4.98 Å². The van der Waals surface area contributed by atoms with Crippen LogP contribution in [0.1, 0.15) is 17.3 Å². The number of nitrogens with zero attached hydrogens (tertiary/aromatic N) is 1. The lowest BCUT2D eigenvalue weighted by Crippen LogP contribution is -2.22. The molecule has 0 fully saturated rings. The zero-order valence-corrected chi connectivity index (χ0v) is 20.3. The number of amides is 2. The molecule has 3 aromatic carbocycles. The molecule has 34 heavy (non-hydrogen) atoms. The fraction of sp³-hybridized carbons (Fsp3) is 0.0800. The first-order valence-corrected chi connectivity index (χ1v) is 12.4. The highest BCUT2D eigenvalue weighted by molar-refractivity contribution is 8.00. The Labute approximate surface area is 209 Å². The van der Waals surface area contributed by atoms with Crippen molar-refractivity contribution in [3.63, 3.8) is 0 Å². The fourth-order valence-corrected chi connectivity index (χ4v) is 4.87. The molecule has 0 aliphatic carbocycles. The van der Waals surface area contributed by atoms with Crippen LogP contribution in [0.4, 0.5) is 15.2 Å². The number of aromatic nitrogens is 1. The molecule has 4 aromatic rings. The van der Waals surface area contributed by atoms with E-state index in [-0.39, 0.29) is 17.6 Å². The Morgan fingerprint density at radius 3 is 2.56 bits per heavy atom. The number of benzene rings is 3. The first-order valence-electron chi connectivity index (χ1n) is 10.2. The summed E-state index contributed by atoms with van der Waals surface area (Å²) in [5, 5.41) is 8.04. The molecule has 0 bridgehead atoms. The molecule has 172 valence electrons. The van der Waals surface area contributed by atoms with E-state index in [1.54, 1.807) is 49.4 Å². The maximum Gasteiger partial charge on any atom is 0.255 e. The van der Waals surface area contributed by atoms with Crippen molar-refractivity contribution in [2.45, 2.75) is 17.1 Å². The van der Waals surface area contributed by atoms with Gasteiger partial charge in [0.2, 0.25) is 5.91 Å². The lowest BCUT2D eigenvalue weighted by Gasteiger charge is -2.12. The number of nitrogens with one attached hydrogen (secondary N) is 2. The Morgan fingerprint density at radius 2 is 1.79 bits per heavy atom. The van der Waals surface area contributed by atoms with Gasteiger partial charge in [0.1, 0.15) is 5.82 Å². The van der Waals surface area contributed by atoms with E-state index in [0.717, 1.165) is 10.5 Å². The van der Waals surface area contributed by atoms with Gasteiger partial charge in [0, 0.05) is 32.1 Å². The lowest BCUT2D eigenvalue weighted by atomic mass is 10.2. The Morgan fingerprint density at radius 1 is 1.03 bits per heavy atom. The quantitative estimate of drug-likeness (QED) is 0.263. The van der Waals surface area contributed by atoms with E-state index in [1.807, 2.05) is 23.6 Å². The number of hydrogen-bond donors (Lipinski definition) is 2. The van der Waals surface area contributed by atoms with E-state index in [2.05, 4.69) is 15.6 Å². The molecule has 5 nitrogen and oxygen atoms in total. The first kappa shape index (κ1) is 23.9. The van der Waals surface area contributed by atoms with Crippen LogP contribution in [0, 0.1) is 5.82 Å². The van der Waals surface area contributed by atoms with Crippen molar-refractivity contribution in [1.29, 1.82) is 0 Å². The molecular formula is C25H19ClFN3O2S2. The van der Waals surface area contributed by atoms with E-state index in [9.17, 15) is 14.0 Å². The zero-order valence-electron chi connectivity index (χ0n) is 17.9. The Balaban J connectivity index is 1.36. The smallest absolute Gasteiger partial charge is 0.255 e. The van der Waals surface area contributed by atoms with Gasteiger partial charge in [-0.2, -0.15) is 0 Å². The van der Waals surface area contributed by atoms with Crippen molar-refractivity contribution in [3.8, 4) is 11.3 Å². The minimum absolute atomic E-state index is 0.196. The summed E-state index contributed by atoms with van der Waals surface area (Å²) in [6.07, 6.45) is 0. The molecule has 1 unspecified atom stereocenters. The minimum Gasteiger partial charge on any atom is -0.322 e. The van der Waals surface area contributed by atoms with Gasteiger partial charge in [0.25, 0.3) is 5.91 Å². The second-order valence-corrected chi connectivity index (χ2v) is 10.00. The summed E-state index contributed by atoms with van der Waals surface area (Å²) in [7, 11) is 0. The van der Waals surface area contributed by atoms with Gasteiger partial charge in [-0.15, -0.1) is 23.1 Å². The van der Waals surface area contributed by atoms with Crippen LogP contribution in [0.25, 0.3) is 11.3 Å². The molecule has 2 amide bonds. The summed E-state index contributed by atoms with van der Waals surface area (Å²) < 4.78 is 13.1. The van der Waals surface area contributed by atoms with E-state index >= 15 is 0 Å². The maximum absolute atomic E-state index is 13.1. The molecule has 0 spiro atoms. The molecule has 4 rings (SSSR count). The van der Waals surface area contributed by atoms with Gasteiger partial charge in [-0.3, -0.25) is 9.59 Å². The molecular weight excluding hydrogens is 493 g/mol. The van der Waals surface area contributed by atoms with Gasteiger partial charge in [-0.05, 0) is 67.6 Å². The second kappa shape index (κ2) is 10.8. The van der Waals surface area contributed by atoms with Crippen molar-refractivity contribution >= 4 is 57.3 Å². The highest BCUT2D eigenvalue weighted by Gasteiger charge is 2.17. The maximum atomic E-state index is 13.1. The molecule has 1 heterocycles. The third-order valence-corrected chi connectivity index (χ3v) is 6.82. The number of thioether (sulfide) groups is 1. The normalized spacial score (nSPS) is 11.6. The Bertz CT molecular complexity index is 1330. The van der Waals surface area contributed by atoms with Gasteiger partial charge in [0.05, 0.1) is 10.9 Å². The van der Waals surface area contributed by atoms with Crippen molar-refractivity contribution in [2.75, 3.05) is 10.6 Å². The SMILES string of the molecule is CC(Sc1cccc(NC(=O)c2cccc(Cl)c2)c1)C(=O)Nc1nc(-c2ccc(F)cc2)cs1. The van der Waals surface area contributed by atoms with E-state index in [4.69, 9.17) is 11.6 Å². The molecule has 0 saturated carbocycles. The highest BCUT2D eigenvalue weighted by Crippen LogP contribution is 2.29. The van der Waals surface area contributed by atoms with Crippen molar-refractivity contribution in [3.05, 3.63) is 94.6 Å². The number of thiazole rings is 1. The topological polar surface area (TPSA) is 71.1 Å². The van der Waals surface area contributed by atoms with Gasteiger partial charge >= 0.3 is 0 Å². The first-order chi connectivity index (χ1) is 16.4. The van der Waals surface area contributed by atoms with E-state index < -0.39 is 5.25 Å². The number of halogens is 2. The molecule has 0 aliphatic rings. The van der Waals surface area contributed by atoms with Crippen molar-refractivity contribution in [2.24, 2.45) is 0 Å². The van der Waals surface area contributed by atoms with Gasteiger partial charge in [-0.1, -0.05) is 23.7 Å². The van der Waals surface area contributed by atoms with Crippen molar-refractivity contribution < 1.29 is 14.0 Å². The average Bonchev–Trinajstić information content (AvgIpc) is 3.28. The number of rotatable bonds is 7. The van der Waals surface area contributed by atoms with Crippen LogP contribution in [-0.4, -0.2) is 22.0 Å². The number of carbonyl (C=O) groups excluding carboxylic acids is 2. The summed E-state index contributed by atoms with van der Waals surface area (Å²) in [6.45, 7) is 1.80. The summed E-state index contributed by atoms with van der Waals surface area (Å²) in [4.78, 5) is 30.4. The van der Waals surface area contributed by atoms with Crippen LogP contribution in [0.5, 0.6) is 0 Å². The third kappa shape index (κ3) is 6.22. The number of carbonyl (C=O) groups is 2. The molecule has 0 radical (unpaired) electrons. The zero-order chi connectivity index (χ0) is 24.1. The molecule has 0 saturated heterocycles. The van der Waals surface area contributed by atoms with Crippen LogP contribution in [-0.2, 0) is 4.79 Å². The third-order valence-electron chi connectivity index (χ3n) is 4.74. The van der Waals surface area contributed by atoms with Crippen LogP contribution < -0.4 is 10.6 Å². The van der Waals surface area contributed by atoms with Gasteiger partial charge in [0.15, 0.2) is 5.13 Å². The number of anilines is 2. The van der Waals surface area contributed by atoms with Gasteiger partial charge in [-0.25, -0.2) is 9.37 Å². The van der Waals surface area contributed by atoms with Crippen LogP contribution in [0.3, 0.4) is 0 Å². The molecule has 1 aromatic heterocycles. The molecule has 1 atom stereocenters. The summed E-state index contributed by atoms with van der Waals surface area (Å²) >= 11 is 8.63. The summed E-state index contributed by atoms with van der Waals surface area (Å²) in [5.74, 6) is -0.777. The van der Waals surface area contributed by atoms with E-state index in [0.29, 0.717) is 27.1 Å². The van der Waals surface area contributed by atoms with Crippen LogP contribution in [0.2, 0.25) is 5.02 Å². The Hall–Kier alpha value is -3.20. The minimum atomic E-state index is -0.406. The number of hydrogen-bond acceptors (Lipinski definition) is 5. The largest absolute Gasteiger partial charge is 0.322 e. The highest BCUT2D eigenvalue weighted by atomic mass is 35.5. The molecule has 2 N–H and O–H groups in total. The predicted octanol–water partition coefficient (Wildman–Crippen LogP) is 6.97. The predicted molar refractivity (Wildman–Crippen MR) is 137 cm³/mol. The Kier molecular flexibility index (Phi) is 7.62. The van der Waals surface area contributed by atoms with E-state index in [1.165, 1.54) is 35.2 Å². The summed E-state index contributed by atoms with van der Waals surface area (Å²) in [5.41, 5.74) is 2.52. The lowest BCUT2D eigenvalue weighted by molar-refractivity contribution is -0.115. The molecule has 0 aliphatic heterocycles. The fourth-order valence-electron chi connectivity index (χ4n) is 3.03. The van der Waals surface area contributed by atoms with Crippen LogP contribution >= 0.6 is 34.7 Å². The average molecular weight is 512 g/mol. The standard InChI is InChI=1S/C25H19ClFN3O2S2/c1-15(23(31)30-25-29-22(14-33-25)16-8-10-19(27)11-9-16)34-21-7-3-6-20(13-21)28-24(32)17-4-2-5-18(26)12-17/h2-15H,1H3,(H,28,32)(H,29,30,31). The second-order valence-electron chi connectivity index (χ2n) is 7.29.